The second-order valence-corrected chi connectivity index (χ2v) is 9.42. The Morgan fingerprint density at radius 1 is 1.10 bits per heavy atom. The van der Waals surface area contributed by atoms with Crippen molar-refractivity contribution >= 4 is 38.3 Å². The second kappa shape index (κ2) is 9.66. The SMILES string of the molecule is CN(C)CCN(C)c1nc2ccc(NC(=O)c3ccc(OC4CCCC4)cc3)cc2s1. The highest BCUT2D eigenvalue weighted by Crippen LogP contribution is 2.30. The zero-order chi connectivity index (χ0) is 21.8. The van der Waals surface area contributed by atoms with Crippen molar-refractivity contribution in [1.82, 2.24) is 9.88 Å². The lowest BCUT2D eigenvalue weighted by molar-refractivity contribution is 0.102. The second-order valence-electron chi connectivity index (χ2n) is 8.41. The first-order chi connectivity index (χ1) is 15.0. The molecule has 4 rings (SSSR count). The Kier molecular flexibility index (Phi) is 6.73. The Hall–Kier alpha value is -2.64. The van der Waals surface area contributed by atoms with E-state index in [1.165, 1.54) is 12.8 Å². The third-order valence-electron chi connectivity index (χ3n) is 5.57. The topological polar surface area (TPSA) is 57.7 Å². The van der Waals surface area contributed by atoms with Crippen molar-refractivity contribution in [3.8, 4) is 5.75 Å². The molecular formula is C24H30N4O2S. The van der Waals surface area contributed by atoms with E-state index in [1.54, 1.807) is 11.3 Å². The molecule has 1 aromatic heterocycles. The number of fused-ring (bicyclic) bond motifs is 1. The minimum absolute atomic E-state index is 0.125. The highest BCUT2D eigenvalue weighted by molar-refractivity contribution is 7.22. The van der Waals surface area contributed by atoms with Gasteiger partial charge in [-0.05, 0) is 82.2 Å². The summed E-state index contributed by atoms with van der Waals surface area (Å²) in [7, 11) is 6.19. The largest absolute Gasteiger partial charge is 0.490 e. The van der Waals surface area contributed by atoms with Crippen LogP contribution in [-0.4, -0.2) is 56.1 Å². The van der Waals surface area contributed by atoms with Crippen LogP contribution in [0.25, 0.3) is 10.2 Å². The fraction of sp³-hybridized carbons (Fsp3) is 0.417. The number of ether oxygens (including phenoxy) is 1. The molecule has 7 heteroatoms. The minimum Gasteiger partial charge on any atom is -0.490 e. The van der Waals surface area contributed by atoms with Crippen LogP contribution in [0, 0.1) is 0 Å². The average molecular weight is 439 g/mol. The summed E-state index contributed by atoms with van der Waals surface area (Å²) in [5, 5.41) is 3.98. The van der Waals surface area contributed by atoms with Crippen molar-refractivity contribution in [1.29, 1.82) is 0 Å². The van der Waals surface area contributed by atoms with Gasteiger partial charge in [-0.1, -0.05) is 11.3 Å². The van der Waals surface area contributed by atoms with Gasteiger partial charge in [0.2, 0.25) is 0 Å². The van der Waals surface area contributed by atoms with E-state index in [2.05, 4.69) is 36.3 Å². The number of hydrogen-bond donors (Lipinski definition) is 1. The number of benzene rings is 2. The van der Waals surface area contributed by atoms with E-state index in [-0.39, 0.29) is 5.91 Å². The number of likely N-dealkylation sites (N-methyl/N-ethyl adjacent to an activating group) is 2. The van der Waals surface area contributed by atoms with E-state index in [9.17, 15) is 4.79 Å². The van der Waals surface area contributed by atoms with E-state index in [1.807, 2.05) is 42.5 Å². The zero-order valence-electron chi connectivity index (χ0n) is 18.4. The number of carbonyl (C=O) groups is 1. The number of aromatic nitrogens is 1. The molecule has 0 aliphatic heterocycles. The molecule has 1 aliphatic carbocycles. The lowest BCUT2D eigenvalue weighted by Crippen LogP contribution is -2.28. The summed E-state index contributed by atoms with van der Waals surface area (Å²) in [5.74, 6) is 0.708. The number of carbonyl (C=O) groups excluding carboxylic acids is 1. The number of nitrogens with zero attached hydrogens (tertiary/aromatic N) is 3. The molecule has 1 heterocycles. The number of thiazole rings is 1. The molecule has 3 aromatic rings. The number of hydrogen-bond acceptors (Lipinski definition) is 6. The van der Waals surface area contributed by atoms with E-state index in [0.29, 0.717) is 11.7 Å². The van der Waals surface area contributed by atoms with Crippen molar-refractivity contribution in [3.05, 3.63) is 48.0 Å². The molecule has 1 fully saturated rings. The fourth-order valence-electron chi connectivity index (χ4n) is 3.69. The summed E-state index contributed by atoms with van der Waals surface area (Å²) in [6, 6.07) is 13.3. The van der Waals surface area contributed by atoms with Crippen molar-refractivity contribution in [2.45, 2.75) is 31.8 Å². The molecule has 0 radical (unpaired) electrons. The molecule has 1 N–H and O–H groups in total. The molecule has 164 valence electrons. The first-order valence-electron chi connectivity index (χ1n) is 10.8. The van der Waals surface area contributed by atoms with Crippen molar-refractivity contribution < 1.29 is 9.53 Å². The Morgan fingerprint density at radius 2 is 1.84 bits per heavy atom. The standard InChI is InChI=1S/C24H30N4O2S/c1-27(2)14-15-28(3)24-26-21-13-10-18(16-22(21)31-24)25-23(29)17-8-11-20(12-9-17)30-19-6-4-5-7-19/h8-13,16,19H,4-7,14-15H2,1-3H3,(H,25,29). The van der Waals surface area contributed by atoms with Gasteiger partial charge < -0.3 is 19.9 Å². The molecular weight excluding hydrogens is 408 g/mol. The Labute approximate surface area is 187 Å². The summed E-state index contributed by atoms with van der Waals surface area (Å²) in [6.45, 7) is 1.88. The minimum atomic E-state index is -0.125. The number of anilines is 2. The molecule has 2 aromatic carbocycles. The van der Waals surface area contributed by atoms with Gasteiger partial charge in [-0.15, -0.1) is 0 Å². The smallest absolute Gasteiger partial charge is 0.255 e. The Balaban J connectivity index is 1.39. The molecule has 1 aliphatic rings. The molecule has 1 amide bonds. The number of rotatable bonds is 8. The normalized spacial score (nSPS) is 14.3. The lowest BCUT2D eigenvalue weighted by atomic mass is 10.2. The van der Waals surface area contributed by atoms with Crippen molar-refractivity contribution in [3.63, 3.8) is 0 Å². The van der Waals surface area contributed by atoms with Gasteiger partial charge >= 0.3 is 0 Å². The zero-order valence-corrected chi connectivity index (χ0v) is 19.2. The van der Waals surface area contributed by atoms with Crippen LogP contribution in [0.4, 0.5) is 10.8 Å². The molecule has 0 atom stereocenters. The molecule has 6 nitrogen and oxygen atoms in total. The van der Waals surface area contributed by atoms with E-state index < -0.39 is 0 Å². The van der Waals surface area contributed by atoms with Gasteiger partial charge in [0.05, 0.1) is 16.3 Å². The molecule has 31 heavy (non-hydrogen) atoms. The van der Waals surface area contributed by atoms with E-state index in [0.717, 1.165) is 52.7 Å². The van der Waals surface area contributed by atoms with E-state index in [4.69, 9.17) is 9.72 Å². The first kappa shape index (κ1) is 21.6. The quantitative estimate of drug-likeness (QED) is 0.544. The summed E-state index contributed by atoms with van der Waals surface area (Å²) >= 11 is 1.64. The summed E-state index contributed by atoms with van der Waals surface area (Å²) in [5.41, 5.74) is 2.34. The van der Waals surface area contributed by atoms with Gasteiger partial charge in [0.25, 0.3) is 5.91 Å². The molecule has 0 saturated heterocycles. The van der Waals surface area contributed by atoms with Crippen molar-refractivity contribution in [2.24, 2.45) is 0 Å². The summed E-state index contributed by atoms with van der Waals surface area (Å²) < 4.78 is 7.04. The average Bonchev–Trinajstić information content (AvgIpc) is 3.42. The van der Waals surface area contributed by atoms with Crippen molar-refractivity contribution in [2.75, 3.05) is 44.4 Å². The molecule has 0 bridgehead atoms. The van der Waals surface area contributed by atoms with Crippen LogP contribution in [0.2, 0.25) is 0 Å². The van der Waals surface area contributed by atoms with Crippen LogP contribution < -0.4 is 15.0 Å². The maximum Gasteiger partial charge on any atom is 0.255 e. The Morgan fingerprint density at radius 3 is 2.55 bits per heavy atom. The molecule has 0 unspecified atom stereocenters. The highest BCUT2D eigenvalue weighted by Gasteiger charge is 2.17. The lowest BCUT2D eigenvalue weighted by Gasteiger charge is -2.18. The van der Waals surface area contributed by atoms with Crippen LogP contribution in [-0.2, 0) is 0 Å². The van der Waals surface area contributed by atoms with Gasteiger partial charge in [-0.3, -0.25) is 4.79 Å². The Bertz CT molecular complexity index is 1030. The van der Waals surface area contributed by atoms with Gasteiger partial charge in [0, 0.05) is 31.4 Å². The third-order valence-corrected chi connectivity index (χ3v) is 6.70. The summed E-state index contributed by atoms with van der Waals surface area (Å²) in [6.07, 6.45) is 5.04. The summed E-state index contributed by atoms with van der Waals surface area (Å²) in [4.78, 5) is 21.7. The predicted molar refractivity (Wildman–Crippen MR) is 129 cm³/mol. The first-order valence-corrected chi connectivity index (χ1v) is 11.6. The van der Waals surface area contributed by atoms with Crippen LogP contribution in [0.1, 0.15) is 36.0 Å². The third kappa shape index (κ3) is 5.54. The molecule has 0 spiro atoms. The fourth-order valence-corrected chi connectivity index (χ4v) is 4.68. The van der Waals surface area contributed by atoms with Crippen LogP contribution >= 0.6 is 11.3 Å². The maximum absolute atomic E-state index is 12.7. The van der Waals surface area contributed by atoms with E-state index >= 15 is 0 Å². The molecule has 1 saturated carbocycles. The number of nitrogens with one attached hydrogen (secondary N) is 1. The van der Waals surface area contributed by atoms with Gasteiger partial charge in [-0.25, -0.2) is 4.98 Å². The van der Waals surface area contributed by atoms with Gasteiger partial charge in [0.1, 0.15) is 5.75 Å². The predicted octanol–water partition coefficient (Wildman–Crippen LogP) is 4.87. The van der Waals surface area contributed by atoms with Gasteiger partial charge in [-0.2, -0.15) is 0 Å². The highest BCUT2D eigenvalue weighted by atomic mass is 32.1. The van der Waals surface area contributed by atoms with Crippen LogP contribution in [0.3, 0.4) is 0 Å². The van der Waals surface area contributed by atoms with Crippen LogP contribution in [0.5, 0.6) is 5.75 Å². The van der Waals surface area contributed by atoms with Gasteiger partial charge in [0.15, 0.2) is 5.13 Å². The number of amides is 1. The van der Waals surface area contributed by atoms with Crippen LogP contribution in [0.15, 0.2) is 42.5 Å². The maximum atomic E-state index is 12.7. The monoisotopic (exact) mass is 438 g/mol.